The van der Waals surface area contributed by atoms with Crippen molar-refractivity contribution in [2.75, 3.05) is 6.61 Å². The number of nitrogens with zero attached hydrogens (tertiary/aromatic N) is 1. The monoisotopic (exact) mass is 505 g/mol. The summed E-state index contributed by atoms with van der Waals surface area (Å²) in [4.78, 5) is 25.8. The summed E-state index contributed by atoms with van der Waals surface area (Å²) in [6, 6.07) is 1.24. The van der Waals surface area contributed by atoms with Gasteiger partial charge in [0.1, 0.15) is 0 Å². The van der Waals surface area contributed by atoms with Crippen molar-refractivity contribution in [2.45, 2.75) is 85.8 Å². The molecule has 1 radical (unpaired) electrons. The molecule has 0 aromatic carbocycles. The molecule has 4 atom stereocenters. The van der Waals surface area contributed by atoms with Gasteiger partial charge < -0.3 is 0 Å². The van der Waals surface area contributed by atoms with Crippen molar-refractivity contribution in [1.29, 1.82) is 0 Å². The summed E-state index contributed by atoms with van der Waals surface area (Å²) in [6.07, 6.45) is 4.80. The van der Waals surface area contributed by atoms with Crippen LogP contribution in [-0.4, -0.2) is 64.9 Å². The Morgan fingerprint density at radius 3 is 2.36 bits per heavy atom. The zero-order chi connectivity index (χ0) is 20.5. The molecule has 2 heterocycles. The molecular weight excluding hydrogens is 471 g/mol. The van der Waals surface area contributed by atoms with Gasteiger partial charge in [-0.15, -0.1) is 0 Å². The summed E-state index contributed by atoms with van der Waals surface area (Å²) in [5.41, 5.74) is -1.11. The summed E-state index contributed by atoms with van der Waals surface area (Å²) in [5.74, 6) is 0. The molecule has 1 aliphatic heterocycles. The van der Waals surface area contributed by atoms with Crippen LogP contribution in [0.5, 0.6) is 0 Å². The summed E-state index contributed by atoms with van der Waals surface area (Å²) in [5, 5.41) is 20.2. The van der Waals surface area contributed by atoms with Gasteiger partial charge in [-0.3, -0.25) is 0 Å². The first-order valence-corrected chi connectivity index (χ1v) is 15.5. The fourth-order valence-electron chi connectivity index (χ4n) is 3.43. The van der Waals surface area contributed by atoms with E-state index in [-0.39, 0.29) is 6.61 Å². The fourth-order valence-corrected chi connectivity index (χ4v) is 10.3. The first kappa shape index (κ1) is 23.6. The van der Waals surface area contributed by atoms with Gasteiger partial charge in [-0.1, -0.05) is 0 Å². The molecule has 3 N–H and O–H groups in total. The van der Waals surface area contributed by atoms with Gasteiger partial charge in [-0.25, -0.2) is 0 Å². The minimum atomic E-state index is -2.28. The Hall–Kier alpha value is -0.681. The van der Waals surface area contributed by atoms with Crippen LogP contribution in [0.1, 0.15) is 58.6 Å². The zero-order valence-electron chi connectivity index (χ0n) is 16.8. The van der Waals surface area contributed by atoms with Crippen molar-refractivity contribution in [1.82, 2.24) is 9.55 Å². The molecule has 8 nitrogen and oxygen atoms in total. The number of hydrogen-bond acceptors (Lipinski definition) is 6. The van der Waals surface area contributed by atoms with Crippen molar-refractivity contribution >= 4 is 20.2 Å². The van der Waals surface area contributed by atoms with Crippen molar-refractivity contribution in [2.24, 2.45) is 0 Å². The maximum absolute atomic E-state index is 12.2. The number of rotatable bonds is 12. The van der Waals surface area contributed by atoms with E-state index >= 15 is 0 Å². The average Bonchev–Trinajstić information content (AvgIpc) is 2.97. The molecule has 1 aromatic heterocycles. The van der Waals surface area contributed by atoms with Crippen molar-refractivity contribution in [3.8, 4) is 0 Å². The Bertz CT molecular complexity index is 683. The quantitative estimate of drug-likeness (QED) is 0.294. The van der Waals surface area contributed by atoms with Crippen LogP contribution in [0.2, 0.25) is 8.87 Å². The second-order valence-electron chi connectivity index (χ2n) is 7.29. The van der Waals surface area contributed by atoms with Gasteiger partial charge in [-0.05, 0) is 0 Å². The molecule has 0 saturated carbocycles. The second kappa shape index (κ2) is 12.1. The summed E-state index contributed by atoms with van der Waals surface area (Å²) in [6.45, 7) is 3.97. The van der Waals surface area contributed by atoms with E-state index in [0.29, 0.717) is 0 Å². The van der Waals surface area contributed by atoms with Gasteiger partial charge in [0.15, 0.2) is 0 Å². The van der Waals surface area contributed by atoms with E-state index in [2.05, 4.69) is 18.8 Å². The van der Waals surface area contributed by atoms with Crippen molar-refractivity contribution in [3.05, 3.63) is 33.1 Å². The number of aromatic nitrogens is 2. The van der Waals surface area contributed by atoms with Crippen molar-refractivity contribution in [3.63, 3.8) is 0 Å². The Morgan fingerprint density at radius 1 is 1.18 bits per heavy atom. The van der Waals surface area contributed by atoms with Gasteiger partial charge in [0.25, 0.3) is 0 Å². The van der Waals surface area contributed by atoms with Crippen LogP contribution in [0.3, 0.4) is 0 Å². The number of ether oxygens (including phenoxy) is 1. The molecule has 28 heavy (non-hydrogen) atoms. The Morgan fingerprint density at radius 2 is 1.82 bits per heavy atom. The third kappa shape index (κ3) is 6.41. The SMILES string of the molecule is CCCC[CH2][Sn]([CH2]CCCC)[O]C1C(O)[C@@H](CO)O[C@H]1n1ccc(=O)[nH]c1=O. The maximum atomic E-state index is 12.2. The molecule has 0 bridgehead atoms. The molecule has 159 valence electrons. The third-order valence-electron chi connectivity index (χ3n) is 5.04. The molecule has 2 unspecified atom stereocenters. The Kier molecular flexibility index (Phi) is 10.2. The minimum absolute atomic E-state index is 0.361. The third-order valence-corrected chi connectivity index (χ3v) is 12.0. The van der Waals surface area contributed by atoms with Gasteiger partial charge in [0, 0.05) is 0 Å². The predicted molar refractivity (Wildman–Crippen MR) is 108 cm³/mol. The molecular formula is C19H33N2O6Sn. The summed E-state index contributed by atoms with van der Waals surface area (Å²) < 4.78 is 15.6. The summed E-state index contributed by atoms with van der Waals surface area (Å²) in [7, 11) is 0. The first-order chi connectivity index (χ1) is 13.5. The Balaban J connectivity index is 2.19. The standard InChI is InChI=1S/C9H11N2O6.2C5H11.Sn/c12-3-4-6(14)7(15)8(17-4)11-2-1-5(13)10-9(11)16;2*1-3-5-4-2;/h1-2,4,6-8,12,14H,3H2,(H,10,13,16);2*1,3-5H2,2H3;/q-1;;;+1/t4-,6?,7?,8-;;;/m1.../s1. The van der Waals surface area contributed by atoms with Crippen LogP contribution in [0.4, 0.5) is 0 Å². The normalized spacial score (nSPS) is 24.9. The first-order valence-electron chi connectivity index (χ1n) is 10.3. The van der Waals surface area contributed by atoms with E-state index in [9.17, 15) is 19.8 Å². The number of aromatic amines is 1. The van der Waals surface area contributed by atoms with Crippen LogP contribution >= 0.6 is 0 Å². The molecule has 0 spiro atoms. The number of aliphatic hydroxyl groups excluding tert-OH is 2. The average molecular weight is 504 g/mol. The van der Waals surface area contributed by atoms with Crippen LogP contribution in [0, 0.1) is 0 Å². The van der Waals surface area contributed by atoms with Crippen LogP contribution in [0.25, 0.3) is 0 Å². The number of H-pyrrole nitrogens is 1. The van der Waals surface area contributed by atoms with Gasteiger partial charge in [-0.2, -0.15) is 0 Å². The van der Waals surface area contributed by atoms with E-state index in [1.165, 1.54) is 16.8 Å². The van der Waals surface area contributed by atoms with E-state index < -0.39 is 56.0 Å². The van der Waals surface area contributed by atoms with Crippen LogP contribution in [0.15, 0.2) is 21.9 Å². The van der Waals surface area contributed by atoms with E-state index in [0.717, 1.165) is 47.4 Å². The molecule has 0 aliphatic carbocycles. The van der Waals surface area contributed by atoms with E-state index in [1.807, 2.05) is 0 Å². The number of aliphatic hydroxyl groups is 2. The molecule has 1 saturated heterocycles. The zero-order valence-corrected chi connectivity index (χ0v) is 19.7. The molecule has 1 aliphatic rings. The van der Waals surface area contributed by atoms with Crippen LogP contribution < -0.4 is 11.2 Å². The number of unbranched alkanes of at least 4 members (excludes halogenated alkanes) is 4. The van der Waals surface area contributed by atoms with Crippen molar-refractivity contribution < 1.29 is 18.0 Å². The molecule has 1 fully saturated rings. The topological polar surface area (TPSA) is 114 Å². The molecule has 1 aromatic rings. The second-order valence-corrected chi connectivity index (χ2v) is 13.9. The van der Waals surface area contributed by atoms with Crippen LogP contribution in [-0.2, 0) is 7.81 Å². The molecule has 0 amide bonds. The molecule has 2 rings (SSSR count). The summed E-state index contributed by atoms with van der Waals surface area (Å²) >= 11 is -2.28. The van der Waals surface area contributed by atoms with E-state index in [1.54, 1.807) is 0 Å². The predicted octanol–water partition coefficient (Wildman–Crippen LogP) is 1.54. The van der Waals surface area contributed by atoms with E-state index in [4.69, 9.17) is 7.81 Å². The Labute approximate surface area is 173 Å². The fraction of sp³-hybridized carbons (Fsp3) is 0.789. The van der Waals surface area contributed by atoms with Gasteiger partial charge >= 0.3 is 173 Å². The molecule has 9 heteroatoms. The number of nitrogens with one attached hydrogen (secondary N) is 1. The van der Waals surface area contributed by atoms with Gasteiger partial charge in [0.2, 0.25) is 0 Å². The van der Waals surface area contributed by atoms with Gasteiger partial charge in [0.05, 0.1) is 0 Å². The number of hydrogen-bond donors (Lipinski definition) is 3.